The second-order valence-corrected chi connectivity index (χ2v) is 5.79. The van der Waals surface area contributed by atoms with Gasteiger partial charge < -0.3 is 0 Å². The standard InChI is InChI=1S/C11H22OS/c1-2-3-4-5-7-11-8-6-9-13(12)10-11/h11H,2-10H2,1H3. The highest BCUT2D eigenvalue weighted by atomic mass is 32.2. The summed E-state index contributed by atoms with van der Waals surface area (Å²) in [6.45, 7) is 2.25. The molecule has 1 heterocycles. The topological polar surface area (TPSA) is 17.1 Å². The molecule has 0 aromatic carbocycles. The third-order valence-corrected chi connectivity index (χ3v) is 4.46. The lowest BCUT2D eigenvalue weighted by Gasteiger charge is -2.20. The van der Waals surface area contributed by atoms with E-state index in [-0.39, 0.29) is 0 Å². The van der Waals surface area contributed by atoms with Crippen LogP contribution in [0.5, 0.6) is 0 Å². The van der Waals surface area contributed by atoms with Crippen LogP contribution in [-0.4, -0.2) is 15.7 Å². The van der Waals surface area contributed by atoms with Gasteiger partial charge in [0.05, 0.1) is 0 Å². The summed E-state index contributed by atoms with van der Waals surface area (Å²) in [5.41, 5.74) is 0. The van der Waals surface area contributed by atoms with Crippen LogP contribution >= 0.6 is 0 Å². The van der Waals surface area contributed by atoms with Gasteiger partial charge in [-0.1, -0.05) is 32.6 Å². The van der Waals surface area contributed by atoms with E-state index in [0.717, 1.165) is 17.4 Å². The zero-order chi connectivity index (χ0) is 9.52. The fourth-order valence-electron chi connectivity index (χ4n) is 2.05. The molecule has 1 aliphatic heterocycles. The second-order valence-electron chi connectivity index (χ2n) is 4.17. The van der Waals surface area contributed by atoms with Gasteiger partial charge in [-0.05, 0) is 25.2 Å². The maximum atomic E-state index is 11.3. The summed E-state index contributed by atoms with van der Waals surface area (Å²) in [4.78, 5) is 0. The van der Waals surface area contributed by atoms with Crippen LogP contribution in [0.25, 0.3) is 0 Å². The van der Waals surface area contributed by atoms with Crippen molar-refractivity contribution in [2.24, 2.45) is 5.92 Å². The van der Waals surface area contributed by atoms with Gasteiger partial charge in [0.15, 0.2) is 0 Å². The van der Waals surface area contributed by atoms with Crippen LogP contribution in [0.4, 0.5) is 0 Å². The van der Waals surface area contributed by atoms with Crippen molar-refractivity contribution < 1.29 is 4.21 Å². The summed E-state index contributed by atoms with van der Waals surface area (Å²) in [6, 6.07) is 0. The Balaban J connectivity index is 2.03. The first-order valence-electron chi connectivity index (χ1n) is 5.68. The molecule has 0 spiro atoms. The van der Waals surface area contributed by atoms with E-state index in [1.807, 2.05) is 0 Å². The molecule has 2 heteroatoms. The Morgan fingerprint density at radius 3 is 2.85 bits per heavy atom. The molecule has 1 saturated heterocycles. The largest absolute Gasteiger partial charge is 0.260 e. The molecule has 0 radical (unpaired) electrons. The lowest BCUT2D eigenvalue weighted by Crippen LogP contribution is -2.19. The highest BCUT2D eigenvalue weighted by Crippen LogP contribution is 2.21. The Labute approximate surface area is 84.8 Å². The van der Waals surface area contributed by atoms with Crippen molar-refractivity contribution in [1.82, 2.24) is 0 Å². The lowest BCUT2D eigenvalue weighted by atomic mass is 9.98. The first-order chi connectivity index (χ1) is 6.33. The average molecular weight is 202 g/mol. The normalized spacial score (nSPS) is 29.0. The Morgan fingerprint density at radius 1 is 1.31 bits per heavy atom. The number of rotatable bonds is 5. The van der Waals surface area contributed by atoms with Gasteiger partial charge in [0.2, 0.25) is 0 Å². The van der Waals surface area contributed by atoms with Crippen molar-refractivity contribution in [3.05, 3.63) is 0 Å². The van der Waals surface area contributed by atoms with E-state index >= 15 is 0 Å². The summed E-state index contributed by atoms with van der Waals surface area (Å²) >= 11 is 0. The van der Waals surface area contributed by atoms with E-state index in [9.17, 15) is 4.21 Å². The zero-order valence-electron chi connectivity index (χ0n) is 8.76. The third-order valence-electron chi connectivity index (χ3n) is 2.87. The minimum Gasteiger partial charge on any atom is -0.260 e. The summed E-state index contributed by atoms with van der Waals surface area (Å²) in [7, 11) is -0.477. The fraction of sp³-hybridized carbons (Fsp3) is 1.00. The van der Waals surface area contributed by atoms with Crippen LogP contribution < -0.4 is 0 Å². The smallest absolute Gasteiger partial charge is 0.0263 e. The summed E-state index contributed by atoms with van der Waals surface area (Å²) in [5, 5.41) is 0. The molecule has 0 aromatic rings. The third kappa shape index (κ3) is 4.80. The SMILES string of the molecule is CCCCCCC1CCCS(=O)C1. The predicted octanol–water partition coefficient (Wildman–Crippen LogP) is 3.12. The monoisotopic (exact) mass is 202 g/mol. The molecule has 0 saturated carbocycles. The first-order valence-corrected chi connectivity index (χ1v) is 7.16. The molecule has 0 aromatic heterocycles. The lowest BCUT2D eigenvalue weighted by molar-refractivity contribution is 0.448. The van der Waals surface area contributed by atoms with E-state index in [4.69, 9.17) is 0 Å². The molecule has 1 rings (SSSR count). The zero-order valence-corrected chi connectivity index (χ0v) is 9.57. The quantitative estimate of drug-likeness (QED) is 0.626. The van der Waals surface area contributed by atoms with Gasteiger partial charge in [-0.2, -0.15) is 0 Å². The van der Waals surface area contributed by atoms with Gasteiger partial charge in [-0.15, -0.1) is 0 Å². The van der Waals surface area contributed by atoms with Crippen molar-refractivity contribution in [1.29, 1.82) is 0 Å². The van der Waals surface area contributed by atoms with Crippen LogP contribution in [0.3, 0.4) is 0 Å². The number of hydrogen-bond donors (Lipinski definition) is 0. The van der Waals surface area contributed by atoms with Crippen molar-refractivity contribution in [2.75, 3.05) is 11.5 Å². The van der Waals surface area contributed by atoms with Crippen LogP contribution in [-0.2, 0) is 10.8 Å². The van der Waals surface area contributed by atoms with E-state index in [2.05, 4.69) is 6.92 Å². The van der Waals surface area contributed by atoms with Crippen molar-refractivity contribution in [3.8, 4) is 0 Å². The molecule has 1 nitrogen and oxygen atoms in total. The Bertz CT molecular complexity index is 156. The highest BCUT2D eigenvalue weighted by Gasteiger charge is 2.17. The Morgan fingerprint density at radius 2 is 2.15 bits per heavy atom. The fourth-order valence-corrected chi connectivity index (χ4v) is 3.56. The minimum absolute atomic E-state index is 0.477. The molecule has 0 aliphatic carbocycles. The van der Waals surface area contributed by atoms with Crippen molar-refractivity contribution >= 4 is 10.8 Å². The van der Waals surface area contributed by atoms with Crippen molar-refractivity contribution in [2.45, 2.75) is 51.9 Å². The van der Waals surface area contributed by atoms with Gasteiger partial charge in [-0.3, -0.25) is 4.21 Å². The minimum atomic E-state index is -0.477. The van der Waals surface area contributed by atoms with Gasteiger partial charge in [0, 0.05) is 22.3 Å². The van der Waals surface area contributed by atoms with E-state index in [0.29, 0.717) is 0 Å². The van der Waals surface area contributed by atoms with Gasteiger partial charge in [0.25, 0.3) is 0 Å². The summed E-state index contributed by atoms with van der Waals surface area (Å²) in [6.07, 6.45) is 9.27. The van der Waals surface area contributed by atoms with Crippen LogP contribution in [0.15, 0.2) is 0 Å². The maximum Gasteiger partial charge on any atom is 0.0263 e. The molecular weight excluding hydrogens is 180 g/mol. The molecule has 78 valence electrons. The molecule has 0 N–H and O–H groups in total. The Kier molecular flexibility index (Phi) is 5.68. The molecule has 1 aliphatic rings. The number of unbranched alkanes of at least 4 members (excludes halogenated alkanes) is 3. The van der Waals surface area contributed by atoms with E-state index in [1.54, 1.807) is 0 Å². The van der Waals surface area contributed by atoms with Crippen LogP contribution in [0.2, 0.25) is 0 Å². The summed E-state index contributed by atoms with van der Waals surface area (Å²) in [5.74, 6) is 2.74. The summed E-state index contributed by atoms with van der Waals surface area (Å²) < 4.78 is 11.3. The highest BCUT2D eigenvalue weighted by molar-refractivity contribution is 7.85. The molecule has 2 unspecified atom stereocenters. The Hall–Kier alpha value is 0.150. The van der Waals surface area contributed by atoms with Crippen LogP contribution in [0, 0.1) is 5.92 Å². The van der Waals surface area contributed by atoms with Gasteiger partial charge in [0.1, 0.15) is 0 Å². The molecule has 13 heavy (non-hydrogen) atoms. The average Bonchev–Trinajstić information content (AvgIpc) is 2.13. The van der Waals surface area contributed by atoms with Crippen molar-refractivity contribution in [3.63, 3.8) is 0 Å². The molecule has 0 amide bonds. The molecular formula is C11H22OS. The predicted molar refractivity (Wildman–Crippen MR) is 59.4 cm³/mol. The molecule has 0 bridgehead atoms. The van der Waals surface area contributed by atoms with E-state index in [1.165, 1.54) is 44.9 Å². The van der Waals surface area contributed by atoms with Crippen LogP contribution in [0.1, 0.15) is 51.9 Å². The van der Waals surface area contributed by atoms with Gasteiger partial charge >= 0.3 is 0 Å². The molecule has 2 atom stereocenters. The van der Waals surface area contributed by atoms with E-state index < -0.39 is 10.8 Å². The maximum absolute atomic E-state index is 11.3. The molecule has 1 fully saturated rings. The number of hydrogen-bond acceptors (Lipinski definition) is 1. The van der Waals surface area contributed by atoms with Gasteiger partial charge in [-0.25, -0.2) is 0 Å². The second kappa shape index (κ2) is 6.58. The first kappa shape index (κ1) is 11.2.